The molecule has 4 rings (SSSR count). The third-order valence-corrected chi connectivity index (χ3v) is 7.55. The molecule has 5 nitrogen and oxygen atoms in total. The summed E-state index contributed by atoms with van der Waals surface area (Å²) in [6.07, 6.45) is 3.32. The minimum atomic E-state index is -3.81. The number of benzene rings is 2. The van der Waals surface area contributed by atoms with Gasteiger partial charge in [0.15, 0.2) is 0 Å². The van der Waals surface area contributed by atoms with Gasteiger partial charge in [-0.25, -0.2) is 13.1 Å². The number of aryl methyl sites for hydroxylation is 1. The number of hydrogen-bond donors (Lipinski definition) is 1. The first-order chi connectivity index (χ1) is 13.3. The number of hydrogen-bond acceptors (Lipinski definition) is 3. The van der Waals surface area contributed by atoms with Gasteiger partial charge in [0.25, 0.3) is 0 Å². The summed E-state index contributed by atoms with van der Waals surface area (Å²) < 4.78 is 30.5. The monoisotopic (exact) mass is 462 g/mol. The molecule has 1 aliphatic carbocycles. The zero-order valence-electron chi connectivity index (χ0n) is 15.9. The Morgan fingerprint density at radius 2 is 1.96 bits per heavy atom. The van der Waals surface area contributed by atoms with Crippen LogP contribution in [-0.4, -0.2) is 20.4 Å². The summed E-state index contributed by atoms with van der Waals surface area (Å²) in [4.78, 5) is 14.0. The van der Waals surface area contributed by atoms with E-state index in [9.17, 15) is 13.2 Å². The van der Waals surface area contributed by atoms with Gasteiger partial charge in [0, 0.05) is 23.5 Å². The topological polar surface area (TPSA) is 66.5 Å². The van der Waals surface area contributed by atoms with Gasteiger partial charge < -0.3 is 4.90 Å². The number of carbonyl (C=O) groups excluding carboxylic acids is 1. The minimum absolute atomic E-state index is 0.0637. The van der Waals surface area contributed by atoms with Crippen LogP contribution in [0.3, 0.4) is 0 Å². The lowest BCUT2D eigenvalue weighted by Gasteiger charge is -2.28. The Morgan fingerprint density at radius 1 is 1.21 bits per heavy atom. The van der Waals surface area contributed by atoms with E-state index in [2.05, 4.69) is 26.7 Å². The molecule has 0 aromatic heterocycles. The first kappa shape index (κ1) is 19.6. The van der Waals surface area contributed by atoms with Crippen LogP contribution in [0.25, 0.3) is 0 Å². The van der Waals surface area contributed by atoms with Gasteiger partial charge in [-0.1, -0.05) is 40.2 Å². The van der Waals surface area contributed by atoms with Crippen molar-refractivity contribution >= 4 is 37.5 Å². The molecule has 0 radical (unpaired) electrons. The smallest absolute Gasteiger partial charge is 0.243 e. The molecule has 2 aliphatic rings. The molecule has 1 N–H and O–H groups in total. The molecular weight excluding hydrogens is 440 g/mol. The fourth-order valence-corrected chi connectivity index (χ4v) is 6.66. The molecule has 0 bridgehead atoms. The van der Waals surface area contributed by atoms with E-state index >= 15 is 0 Å². The Kier molecular flexibility index (Phi) is 5.10. The summed E-state index contributed by atoms with van der Waals surface area (Å²) in [6.45, 7) is 3.42. The van der Waals surface area contributed by atoms with Crippen LogP contribution in [-0.2, 0) is 27.7 Å². The molecule has 7 heteroatoms. The zero-order chi connectivity index (χ0) is 20.1. The molecule has 1 heterocycles. The zero-order valence-corrected chi connectivity index (χ0v) is 18.3. The molecule has 1 amide bonds. The molecule has 28 heavy (non-hydrogen) atoms. The fourth-order valence-electron chi connectivity index (χ4n) is 4.49. The minimum Gasteiger partial charge on any atom is -0.308 e. The summed E-state index contributed by atoms with van der Waals surface area (Å²) in [7, 11) is -3.81. The van der Waals surface area contributed by atoms with E-state index in [0.717, 1.165) is 30.4 Å². The van der Waals surface area contributed by atoms with E-state index in [4.69, 9.17) is 0 Å². The summed E-state index contributed by atoms with van der Waals surface area (Å²) in [5, 5.41) is 0. The summed E-state index contributed by atoms with van der Waals surface area (Å²) in [5.74, 6) is -0.145. The van der Waals surface area contributed by atoms with Crippen LogP contribution in [0.5, 0.6) is 0 Å². The van der Waals surface area contributed by atoms with Crippen molar-refractivity contribution in [3.05, 3.63) is 57.6 Å². The summed E-state index contributed by atoms with van der Waals surface area (Å²) in [6, 6.07) is 11.2. The molecule has 2 atom stereocenters. The van der Waals surface area contributed by atoms with Gasteiger partial charge in [0.1, 0.15) is 4.90 Å². The highest BCUT2D eigenvalue weighted by atomic mass is 79.9. The molecule has 0 fully saturated rings. The first-order valence-corrected chi connectivity index (χ1v) is 11.8. The lowest BCUT2D eigenvalue weighted by Crippen LogP contribution is -2.36. The van der Waals surface area contributed by atoms with Crippen molar-refractivity contribution in [3.63, 3.8) is 0 Å². The number of rotatable bonds is 3. The number of halogens is 1. The first-order valence-electron chi connectivity index (χ1n) is 9.50. The molecule has 0 saturated carbocycles. The lowest BCUT2D eigenvalue weighted by molar-refractivity contribution is -0.116. The Balaban J connectivity index is 1.77. The van der Waals surface area contributed by atoms with Gasteiger partial charge in [-0.15, -0.1) is 0 Å². The standard InChI is InChI=1S/C21H23BrN2O3S/c1-13-10-16-11-17(22)12-20(21(16)24(13)14(2)25)28(26,27)23-19-9-5-7-15-6-3-4-8-18(15)19/h3-4,6,8,11-13,19,23H,5,7,9-10H2,1-2H3. The SMILES string of the molecule is CC(=O)N1c2c(cc(Br)cc2S(=O)(=O)NC2CCCc3ccccc32)CC1C. The van der Waals surface area contributed by atoms with Gasteiger partial charge in [0.05, 0.1) is 5.69 Å². The van der Waals surface area contributed by atoms with Crippen molar-refractivity contribution < 1.29 is 13.2 Å². The predicted molar refractivity (Wildman–Crippen MR) is 113 cm³/mol. The van der Waals surface area contributed by atoms with E-state index in [1.165, 1.54) is 12.5 Å². The van der Waals surface area contributed by atoms with Crippen molar-refractivity contribution in [3.8, 4) is 0 Å². The van der Waals surface area contributed by atoms with E-state index in [-0.39, 0.29) is 22.9 Å². The lowest BCUT2D eigenvalue weighted by atomic mass is 9.88. The molecule has 2 aromatic rings. The van der Waals surface area contributed by atoms with Crippen molar-refractivity contribution in [2.45, 2.75) is 56.5 Å². The maximum Gasteiger partial charge on any atom is 0.243 e. The van der Waals surface area contributed by atoms with Gasteiger partial charge in [-0.2, -0.15) is 0 Å². The van der Waals surface area contributed by atoms with Crippen LogP contribution in [0.15, 0.2) is 45.8 Å². The van der Waals surface area contributed by atoms with Crippen molar-refractivity contribution in [2.75, 3.05) is 4.90 Å². The van der Waals surface area contributed by atoms with Gasteiger partial charge in [0.2, 0.25) is 15.9 Å². The molecule has 2 aromatic carbocycles. The normalized spacial score (nSPS) is 21.3. The van der Waals surface area contributed by atoms with Gasteiger partial charge >= 0.3 is 0 Å². The van der Waals surface area contributed by atoms with E-state index in [0.29, 0.717) is 16.6 Å². The highest BCUT2D eigenvalue weighted by Gasteiger charge is 2.36. The highest BCUT2D eigenvalue weighted by Crippen LogP contribution is 2.41. The fraction of sp³-hybridized carbons (Fsp3) is 0.381. The Bertz CT molecular complexity index is 1050. The van der Waals surface area contributed by atoms with Crippen LogP contribution in [0.1, 0.15) is 49.4 Å². The summed E-state index contributed by atoms with van der Waals surface area (Å²) >= 11 is 3.44. The number of nitrogens with zero attached hydrogens (tertiary/aromatic N) is 1. The molecule has 0 saturated heterocycles. The second-order valence-corrected chi connectivity index (χ2v) is 10.2. The molecular formula is C21H23BrN2O3S. The van der Waals surface area contributed by atoms with Crippen molar-refractivity contribution in [1.29, 1.82) is 0 Å². The Hall–Kier alpha value is -1.70. The van der Waals surface area contributed by atoms with Crippen molar-refractivity contribution in [1.82, 2.24) is 4.72 Å². The molecule has 148 valence electrons. The molecule has 2 unspecified atom stereocenters. The number of carbonyl (C=O) groups is 1. The van der Waals surface area contributed by atoms with Gasteiger partial charge in [-0.05, 0) is 61.4 Å². The average molecular weight is 463 g/mol. The maximum absolute atomic E-state index is 13.4. The Morgan fingerprint density at radius 3 is 2.71 bits per heavy atom. The van der Waals surface area contributed by atoms with Crippen LogP contribution in [0.4, 0.5) is 5.69 Å². The van der Waals surface area contributed by atoms with Crippen LogP contribution in [0, 0.1) is 0 Å². The second kappa shape index (κ2) is 7.28. The largest absolute Gasteiger partial charge is 0.308 e. The number of sulfonamides is 1. The third-order valence-electron chi connectivity index (χ3n) is 5.61. The second-order valence-electron chi connectivity index (χ2n) is 7.62. The van der Waals surface area contributed by atoms with Crippen LogP contribution < -0.4 is 9.62 Å². The van der Waals surface area contributed by atoms with E-state index in [1.807, 2.05) is 31.2 Å². The maximum atomic E-state index is 13.4. The summed E-state index contributed by atoms with van der Waals surface area (Å²) in [5.41, 5.74) is 3.63. The third kappa shape index (κ3) is 3.40. The molecule has 1 aliphatic heterocycles. The molecule has 0 spiro atoms. The quantitative estimate of drug-likeness (QED) is 0.746. The predicted octanol–water partition coefficient (Wildman–Crippen LogP) is 4.10. The number of amides is 1. The average Bonchev–Trinajstić information content (AvgIpc) is 2.96. The number of fused-ring (bicyclic) bond motifs is 2. The number of nitrogens with one attached hydrogen (secondary N) is 1. The Labute approximate surface area is 174 Å². The number of anilines is 1. The van der Waals surface area contributed by atoms with Crippen LogP contribution in [0.2, 0.25) is 0 Å². The highest BCUT2D eigenvalue weighted by molar-refractivity contribution is 9.10. The van der Waals surface area contributed by atoms with E-state index < -0.39 is 10.0 Å². The van der Waals surface area contributed by atoms with Crippen LogP contribution >= 0.6 is 15.9 Å². The van der Waals surface area contributed by atoms with Crippen molar-refractivity contribution in [2.24, 2.45) is 0 Å². The van der Waals surface area contributed by atoms with Gasteiger partial charge in [-0.3, -0.25) is 4.79 Å². The van der Waals surface area contributed by atoms with E-state index in [1.54, 1.807) is 11.0 Å².